The van der Waals surface area contributed by atoms with Crippen molar-refractivity contribution in [2.75, 3.05) is 7.11 Å². The minimum atomic E-state index is -0.634. The van der Waals surface area contributed by atoms with Gasteiger partial charge in [-0.2, -0.15) is 5.26 Å². The highest BCUT2D eigenvalue weighted by Gasteiger charge is 2.09. The van der Waals surface area contributed by atoms with E-state index in [0.29, 0.717) is 17.7 Å². The zero-order valence-electron chi connectivity index (χ0n) is 8.60. The highest BCUT2D eigenvalue weighted by Crippen LogP contribution is 2.20. The van der Waals surface area contributed by atoms with E-state index in [2.05, 4.69) is 6.58 Å². The lowest BCUT2D eigenvalue weighted by Gasteiger charge is -2.11. The van der Waals surface area contributed by atoms with Crippen LogP contribution >= 0.6 is 0 Å². The summed E-state index contributed by atoms with van der Waals surface area (Å²) in [5.41, 5.74) is 1.34. The topological polar surface area (TPSA) is 53.2 Å². The molecule has 0 unspecified atom stereocenters. The van der Waals surface area contributed by atoms with Gasteiger partial charge in [0.15, 0.2) is 0 Å². The zero-order chi connectivity index (χ0) is 11.3. The smallest absolute Gasteiger partial charge is 0.0991 e. The minimum Gasteiger partial charge on any atom is -0.502 e. The molecule has 3 nitrogen and oxygen atoms in total. The van der Waals surface area contributed by atoms with Gasteiger partial charge in [-0.05, 0) is 17.7 Å². The quantitative estimate of drug-likeness (QED) is 0.763. The van der Waals surface area contributed by atoms with E-state index in [1.165, 1.54) is 7.11 Å². The van der Waals surface area contributed by atoms with Crippen molar-refractivity contribution < 1.29 is 9.84 Å². The van der Waals surface area contributed by atoms with Crippen LogP contribution in [0.5, 0.6) is 0 Å². The van der Waals surface area contributed by atoms with Crippen LogP contribution in [0.4, 0.5) is 0 Å². The number of hydrogen-bond acceptors (Lipinski definition) is 3. The van der Waals surface area contributed by atoms with Gasteiger partial charge in [-0.3, -0.25) is 0 Å². The molecular weight excluding hydrogens is 190 g/mol. The lowest BCUT2D eigenvalue weighted by molar-refractivity contribution is 0.150. The van der Waals surface area contributed by atoms with Gasteiger partial charge in [0, 0.05) is 6.42 Å². The van der Waals surface area contributed by atoms with E-state index in [-0.39, 0.29) is 0 Å². The highest BCUT2D eigenvalue weighted by molar-refractivity contribution is 5.32. The average Bonchev–Trinajstić information content (AvgIpc) is 2.29. The predicted octanol–water partition coefficient (Wildman–Crippen LogP) is 2.14. The molecule has 3 heteroatoms. The Bertz CT molecular complexity index is 376. The molecule has 0 fully saturated rings. The van der Waals surface area contributed by atoms with Crippen LogP contribution in [-0.2, 0) is 4.74 Å². The van der Waals surface area contributed by atoms with Gasteiger partial charge in [0.05, 0.1) is 30.6 Å². The van der Waals surface area contributed by atoms with Crippen LogP contribution in [0.1, 0.15) is 23.7 Å². The van der Waals surface area contributed by atoms with Crippen LogP contribution in [0, 0.1) is 11.3 Å². The first-order valence-electron chi connectivity index (χ1n) is 4.57. The van der Waals surface area contributed by atoms with E-state index in [9.17, 15) is 5.11 Å². The first-order chi connectivity index (χ1) is 7.17. The maximum atomic E-state index is 9.76. The van der Waals surface area contributed by atoms with Crippen molar-refractivity contribution in [3.05, 3.63) is 47.7 Å². The zero-order valence-corrected chi connectivity index (χ0v) is 8.60. The largest absolute Gasteiger partial charge is 0.502 e. The molecule has 0 aliphatic rings. The van der Waals surface area contributed by atoms with Crippen molar-refractivity contribution in [2.45, 2.75) is 12.5 Å². The molecule has 0 bridgehead atoms. The SMILES string of the molecule is C=C(C[C@H](O)c1ccc(C#N)cc1)OC. The minimum absolute atomic E-state index is 0.363. The number of benzene rings is 1. The Morgan fingerprint density at radius 2 is 2.13 bits per heavy atom. The van der Waals surface area contributed by atoms with Gasteiger partial charge in [-0.15, -0.1) is 0 Å². The number of hydrogen-bond donors (Lipinski definition) is 1. The summed E-state index contributed by atoms with van der Waals surface area (Å²) in [6, 6.07) is 8.83. The Labute approximate surface area is 89.2 Å². The van der Waals surface area contributed by atoms with E-state index in [4.69, 9.17) is 10.00 Å². The average molecular weight is 203 g/mol. The van der Waals surface area contributed by atoms with Gasteiger partial charge < -0.3 is 9.84 Å². The summed E-state index contributed by atoms with van der Waals surface area (Å²) in [5, 5.41) is 18.4. The predicted molar refractivity (Wildman–Crippen MR) is 56.9 cm³/mol. The van der Waals surface area contributed by atoms with E-state index >= 15 is 0 Å². The van der Waals surface area contributed by atoms with Crippen molar-refractivity contribution in [2.24, 2.45) is 0 Å². The maximum Gasteiger partial charge on any atom is 0.0991 e. The standard InChI is InChI=1S/C12H13NO2/c1-9(15-2)7-12(14)11-5-3-10(8-13)4-6-11/h3-6,12,14H,1,7H2,2H3/t12-/m0/s1. The number of aliphatic hydroxyl groups excluding tert-OH is 1. The van der Waals surface area contributed by atoms with Gasteiger partial charge >= 0.3 is 0 Å². The van der Waals surface area contributed by atoms with Crippen LogP contribution in [0.15, 0.2) is 36.6 Å². The molecule has 0 radical (unpaired) electrons. The molecule has 0 spiro atoms. The third-order valence-corrected chi connectivity index (χ3v) is 2.13. The molecule has 1 rings (SSSR count). The summed E-state index contributed by atoms with van der Waals surface area (Å²) in [6.45, 7) is 3.64. The van der Waals surface area contributed by atoms with Gasteiger partial charge in [0.25, 0.3) is 0 Å². The summed E-state index contributed by atoms with van der Waals surface area (Å²) in [6.07, 6.45) is -0.271. The lowest BCUT2D eigenvalue weighted by atomic mass is 10.0. The number of aliphatic hydroxyl groups is 1. The van der Waals surface area contributed by atoms with E-state index in [1.807, 2.05) is 6.07 Å². The molecule has 78 valence electrons. The molecular formula is C12H13NO2. The molecule has 1 aromatic rings. The van der Waals surface area contributed by atoms with Crippen LogP contribution in [0.2, 0.25) is 0 Å². The van der Waals surface area contributed by atoms with Crippen molar-refractivity contribution in [1.29, 1.82) is 5.26 Å². The molecule has 0 aliphatic heterocycles. The maximum absolute atomic E-state index is 9.76. The summed E-state index contributed by atoms with van der Waals surface area (Å²) < 4.78 is 4.88. The first-order valence-corrected chi connectivity index (χ1v) is 4.57. The summed E-state index contributed by atoms with van der Waals surface area (Å²) in [4.78, 5) is 0. The number of nitrogens with zero attached hydrogens (tertiary/aromatic N) is 1. The Hall–Kier alpha value is -1.79. The normalized spacial score (nSPS) is 11.5. The van der Waals surface area contributed by atoms with E-state index < -0.39 is 6.10 Å². The van der Waals surface area contributed by atoms with Crippen molar-refractivity contribution in [1.82, 2.24) is 0 Å². The molecule has 0 amide bonds. The summed E-state index contributed by atoms with van der Waals surface area (Å²) in [5.74, 6) is 0.534. The monoisotopic (exact) mass is 203 g/mol. The first kappa shape index (κ1) is 11.3. The molecule has 0 saturated carbocycles. The third-order valence-electron chi connectivity index (χ3n) is 2.13. The van der Waals surface area contributed by atoms with Gasteiger partial charge in [0.2, 0.25) is 0 Å². The Morgan fingerprint density at radius 3 is 2.60 bits per heavy atom. The van der Waals surface area contributed by atoms with Crippen molar-refractivity contribution in [3.63, 3.8) is 0 Å². The second kappa shape index (κ2) is 5.18. The van der Waals surface area contributed by atoms with Crippen LogP contribution in [0.3, 0.4) is 0 Å². The molecule has 0 saturated heterocycles. The van der Waals surface area contributed by atoms with Crippen LogP contribution < -0.4 is 0 Å². The van der Waals surface area contributed by atoms with Gasteiger partial charge in [0.1, 0.15) is 0 Å². The second-order valence-electron chi connectivity index (χ2n) is 3.20. The number of nitriles is 1. The van der Waals surface area contributed by atoms with Crippen LogP contribution in [0.25, 0.3) is 0 Å². The molecule has 1 N–H and O–H groups in total. The summed E-state index contributed by atoms with van der Waals surface area (Å²) in [7, 11) is 1.52. The van der Waals surface area contributed by atoms with Crippen molar-refractivity contribution in [3.8, 4) is 6.07 Å². The van der Waals surface area contributed by atoms with Gasteiger partial charge in [-0.25, -0.2) is 0 Å². The number of methoxy groups -OCH3 is 1. The fourth-order valence-electron chi connectivity index (χ4n) is 1.20. The second-order valence-corrected chi connectivity index (χ2v) is 3.20. The fourth-order valence-corrected chi connectivity index (χ4v) is 1.20. The molecule has 15 heavy (non-hydrogen) atoms. The Kier molecular flexibility index (Phi) is 3.90. The molecule has 0 heterocycles. The molecule has 1 atom stereocenters. The number of rotatable bonds is 4. The van der Waals surface area contributed by atoms with Crippen molar-refractivity contribution >= 4 is 0 Å². The number of ether oxygens (including phenoxy) is 1. The van der Waals surface area contributed by atoms with E-state index in [0.717, 1.165) is 5.56 Å². The Balaban J connectivity index is 2.70. The van der Waals surface area contributed by atoms with Gasteiger partial charge in [-0.1, -0.05) is 18.7 Å². The lowest BCUT2D eigenvalue weighted by Crippen LogP contribution is -1.99. The molecule has 0 aliphatic carbocycles. The van der Waals surface area contributed by atoms with E-state index in [1.54, 1.807) is 24.3 Å². The highest BCUT2D eigenvalue weighted by atomic mass is 16.5. The fraction of sp³-hybridized carbons (Fsp3) is 0.250. The molecule has 0 aromatic heterocycles. The van der Waals surface area contributed by atoms with Crippen LogP contribution in [-0.4, -0.2) is 12.2 Å². The third kappa shape index (κ3) is 3.12. The Morgan fingerprint density at radius 1 is 1.53 bits per heavy atom. The summed E-state index contributed by atoms with van der Waals surface area (Å²) >= 11 is 0. The molecule has 1 aromatic carbocycles.